The van der Waals surface area contributed by atoms with Gasteiger partial charge in [0.15, 0.2) is 0 Å². The van der Waals surface area contributed by atoms with Crippen molar-refractivity contribution in [2.45, 2.75) is 18.9 Å². The first-order valence-electron chi connectivity index (χ1n) is 5.56. The second kappa shape index (κ2) is 5.18. The number of hydrogen-bond acceptors (Lipinski definition) is 4. The minimum absolute atomic E-state index is 0.136. The average Bonchev–Trinajstić information content (AvgIpc) is 2.33. The lowest BCUT2D eigenvalue weighted by Gasteiger charge is -2.23. The van der Waals surface area contributed by atoms with Crippen LogP contribution in [0.2, 0.25) is 0 Å². The van der Waals surface area contributed by atoms with Gasteiger partial charge in [0.1, 0.15) is 13.7 Å². The third kappa shape index (κ3) is 2.97. The molecule has 1 aliphatic heterocycles. The van der Waals surface area contributed by atoms with Gasteiger partial charge >= 0.3 is 0 Å². The Hall–Kier alpha value is -1.56. The van der Waals surface area contributed by atoms with Crippen LogP contribution < -0.4 is 16.5 Å². The number of nitrogens with zero attached hydrogens (tertiary/aromatic N) is 1. The van der Waals surface area contributed by atoms with Crippen molar-refractivity contribution in [3.63, 3.8) is 0 Å². The topological polar surface area (TPSA) is 77.2 Å². The van der Waals surface area contributed by atoms with Crippen molar-refractivity contribution in [1.29, 1.82) is 0 Å². The van der Waals surface area contributed by atoms with Crippen LogP contribution in [0.4, 0.5) is 5.82 Å². The molecular weight excluding hydrogens is 217 g/mol. The van der Waals surface area contributed by atoms with Crippen molar-refractivity contribution < 1.29 is 9.53 Å². The normalized spacial score (nSPS) is 16.7. The predicted octanol–water partition coefficient (Wildman–Crippen LogP) is -0.634. The predicted molar refractivity (Wildman–Crippen MR) is 65.3 cm³/mol. The standard InChI is InChI=1S/C11H14BN3O2/c12-7-5-9(10(13)14-6-7)11(16)15-8-1-3-17-4-2-8/h5-6,8H,1-4H2,(H2,13,14)(H,15,16). The lowest BCUT2D eigenvalue weighted by molar-refractivity contribution is 0.0697. The van der Waals surface area contributed by atoms with Gasteiger partial charge in [0.05, 0.1) is 5.56 Å². The van der Waals surface area contributed by atoms with Gasteiger partial charge in [0, 0.05) is 25.5 Å². The number of aromatic nitrogens is 1. The Labute approximate surface area is 101 Å². The molecule has 1 amide bonds. The van der Waals surface area contributed by atoms with Crippen molar-refractivity contribution in [2.75, 3.05) is 18.9 Å². The summed E-state index contributed by atoms with van der Waals surface area (Å²) in [5.74, 6) is -0.0297. The molecular formula is C11H14BN3O2. The lowest BCUT2D eigenvalue weighted by atomic mass is 9.96. The average molecular weight is 231 g/mol. The lowest BCUT2D eigenvalue weighted by Crippen LogP contribution is -2.39. The van der Waals surface area contributed by atoms with Crippen molar-refractivity contribution in [3.05, 3.63) is 17.8 Å². The van der Waals surface area contributed by atoms with E-state index < -0.39 is 0 Å². The molecule has 1 saturated heterocycles. The quantitative estimate of drug-likeness (QED) is 0.664. The molecule has 0 bridgehead atoms. The number of nitrogens with one attached hydrogen (secondary N) is 1. The summed E-state index contributed by atoms with van der Waals surface area (Å²) in [5.41, 5.74) is 6.40. The minimum atomic E-state index is -0.228. The highest BCUT2D eigenvalue weighted by atomic mass is 16.5. The van der Waals surface area contributed by atoms with Gasteiger partial charge in [0.2, 0.25) is 0 Å². The highest BCUT2D eigenvalue weighted by Crippen LogP contribution is 2.10. The summed E-state index contributed by atoms with van der Waals surface area (Å²) in [6.07, 6.45) is 3.07. The second-order valence-corrected chi connectivity index (χ2v) is 4.06. The van der Waals surface area contributed by atoms with Crippen molar-refractivity contribution in [2.24, 2.45) is 0 Å². The maximum Gasteiger partial charge on any atom is 0.255 e. The fourth-order valence-electron chi connectivity index (χ4n) is 1.78. The number of carbonyl (C=O) groups excluding carboxylic acids is 1. The number of carbonyl (C=O) groups is 1. The number of pyridine rings is 1. The van der Waals surface area contributed by atoms with Crippen LogP contribution in [0.15, 0.2) is 12.3 Å². The first kappa shape index (κ1) is 11.9. The Kier molecular flexibility index (Phi) is 3.63. The van der Waals surface area contributed by atoms with E-state index in [0.717, 1.165) is 12.8 Å². The van der Waals surface area contributed by atoms with Gasteiger partial charge in [-0.15, -0.1) is 0 Å². The molecule has 3 N–H and O–H groups in total. The highest BCUT2D eigenvalue weighted by Gasteiger charge is 2.18. The van der Waals surface area contributed by atoms with E-state index in [0.29, 0.717) is 24.2 Å². The van der Waals surface area contributed by atoms with Crippen molar-refractivity contribution >= 4 is 25.0 Å². The van der Waals surface area contributed by atoms with Crippen LogP contribution in [0.5, 0.6) is 0 Å². The molecule has 1 aromatic heterocycles. The summed E-state index contributed by atoms with van der Waals surface area (Å²) in [7, 11) is 5.58. The number of hydrogen-bond donors (Lipinski definition) is 2. The zero-order chi connectivity index (χ0) is 12.3. The van der Waals surface area contributed by atoms with Crippen LogP contribution in [-0.2, 0) is 4.74 Å². The van der Waals surface area contributed by atoms with E-state index >= 15 is 0 Å². The van der Waals surface area contributed by atoms with E-state index in [1.165, 1.54) is 12.3 Å². The largest absolute Gasteiger partial charge is 0.383 e. The number of anilines is 1. The minimum Gasteiger partial charge on any atom is -0.383 e. The molecule has 1 fully saturated rings. The Balaban J connectivity index is 2.05. The maximum atomic E-state index is 12.0. The third-order valence-electron chi connectivity index (χ3n) is 2.74. The summed E-state index contributed by atoms with van der Waals surface area (Å²) >= 11 is 0. The molecule has 17 heavy (non-hydrogen) atoms. The Morgan fingerprint density at radius 1 is 1.53 bits per heavy atom. The Bertz CT molecular complexity index is 419. The molecule has 6 heteroatoms. The molecule has 2 rings (SSSR count). The fourth-order valence-corrected chi connectivity index (χ4v) is 1.78. The number of rotatable bonds is 2. The highest BCUT2D eigenvalue weighted by molar-refractivity contribution is 6.32. The van der Waals surface area contributed by atoms with Crippen LogP contribution >= 0.6 is 0 Å². The third-order valence-corrected chi connectivity index (χ3v) is 2.74. The van der Waals surface area contributed by atoms with Gasteiger partial charge in [-0.05, 0) is 12.8 Å². The molecule has 0 aromatic carbocycles. The molecule has 2 heterocycles. The summed E-state index contributed by atoms with van der Waals surface area (Å²) in [4.78, 5) is 15.8. The summed E-state index contributed by atoms with van der Waals surface area (Å²) in [5, 5.41) is 2.91. The summed E-state index contributed by atoms with van der Waals surface area (Å²) in [6, 6.07) is 1.67. The Morgan fingerprint density at radius 2 is 2.24 bits per heavy atom. The van der Waals surface area contributed by atoms with Gasteiger partial charge in [-0.1, -0.05) is 11.5 Å². The van der Waals surface area contributed by atoms with E-state index in [-0.39, 0.29) is 17.8 Å². The molecule has 0 unspecified atom stereocenters. The number of nitrogens with two attached hydrogens (primary N) is 1. The van der Waals surface area contributed by atoms with Gasteiger partial charge in [-0.3, -0.25) is 4.79 Å². The number of nitrogen functional groups attached to an aromatic ring is 1. The molecule has 88 valence electrons. The fraction of sp³-hybridized carbons (Fsp3) is 0.455. The molecule has 0 atom stereocenters. The van der Waals surface area contributed by atoms with Gasteiger partial charge in [0.25, 0.3) is 5.91 Å². The zero-order valence-electron chi connectivity index (χ0n) is 9.48. The Morgan fingerprint density at radius 3 is 2.94 bits per heavy atom. The van der Waals surface area contributed by atoms with E-state index in [1.807, 2.05) is 0 Å². The van der Waals surface area contributed by atoms with Gasteiger partial charge in [-0.25, -0.2) is 4.98 Å². The van der Waals surface area contributed by atoms with Crippen LogP contribution in [0, 0.1) is 0 Å². The van der Waals surface area contributed by atoms with Crippen LogP contribution in [0.25, 0.3) is 0 Å². The monoisotopic (exact) mass is 231 g/mol. The molecule has 2 radical (unpaired) electrons. The smallest absolute Gasteiger partial charge is 0.255 e. The van der Waals surface area contributed by atoms with E-state index in [9.17, 15) is 4.79 Å². The molecule has 1 aliphatic rings. The molecule has 5 nitrogen and oxygen atoms in total. The molecule has 0 saturated carbocycles. The van der Waals surface area contributed by atoms with E-state index in [4.69, 9.17) is 18.3 Å². The van der Waals surface area contributed by atoms with Gasteiger partial charge in [-0.2, -0.15) is 0 Å². The first-order valence-corrected chi connectivity index (χ1v) is 5.56. The zero-order valence-corrected chi connectivity index (χ0v) is 9.48. The van der Waals surface area contributed by atoms with Crippen molar-refractivity contribution in [3.8, 4) is 0 Å². The summed E-state index contributed by atoms with van der Waals surface area (Å²) in [6.45, 7) is 1.35. The molecule has 1 aromatic rings. The second-order valence-electron chi connectivity index (χ2n) is 4.06. The van der Waals surface area contributed by atoms with Crippen LogP contribution in [0.3, 0.4) is 0 Å². The SMILES string of the molecule is [B]c1cnc(N)c(C(=O)NC2CCOCC2)c1. The maximum absolute atomic E-state index is 12.0. The summed E-state index contributed by atoms with van der Waals surface area (Å²) < 4.78 is 5.22. The molecule has 0 aliphatic carbocycles. The van der Waals surface area contributed by atoms with E-state index in [2.05, 4.69) is 10.3 Å². The first-order chi connectivity index (χ1) is 8.16. The van der Waals surface area contributed by atoms with Crippen molar-refractivity contribution in [1.82, 2.24) is 10.3 Å². The van der Waals surface area contributed by atoms with E-state index in [1.54, 1.807) is 0 Å². The van der Waals surface area contributed by atoms with Crippen LogP contribution in [0.1, 0.15) is 23.2 Å². The van der Waals surface area contributed by atoms with Gasteiger partial charge < -0.3 is 15.8 Å². The molecule has 0 spiro atoms. The number of amides is 1. The van der Waals surface area contributed by atoms with Crippen LogP contribution in [-0.4, -0.2) is 38.0 Å². The number of ether oxygens (including phenoxy) is 1.